The minimum absolute atomic E-state index is 0.0444. The molecule has 0 bridgehead atoms. The lowest BCUT2D eigenvalue weighted by Crippen LogP contribution is -2.28. The number of aliphatic carboxylic acids is 2. The molecule has 1 unspecified atom stereocenters. The molecule has 0 fully saturated rings. The van der Waals surface area contributed by atoms with E-state index in [0.29, 0.717) is 12.8 Å². The molecule has 0 aliphatic carbocycles. The van der Waals surface area contributed by atoms with Gasteiger partial charge < -0.3 is 14.9 Å². The van der Waals surface area contributed by atoms with E-state index in [1.165, 1.54) is 0 Å². The van der Waals surface area contributed by atoms with Crippen molar-refractivity contribution in [3.05, 3.63) is 0 Å². The number of unbranched alkanes of at least 4 members (excludes halogenated alkanes) is 1. The number of ether oxygens (including phenoxy) is 1. The molecule has 0 radical (unpaired) electrons. The monoisotopic (exact) mass is 260 g/mol. The number of ketones is 1. The van der Waals surface area contributed by atoms with E-state index in [1.807, 2.05) is 0 Å². The summed E-state index contributed by atoms with van der Waals surface area (Å²) < 4.78 is 4.43. The van der Waals surface area contributed by atoms with Crippen molar-refractivity contribution in [2.75, 3.05) is 6.61 Å². The smallest absolute Gasteiger partial charge is 0.314 e. The summed E-state index contributed by atoms with van der Waals surface area (Å²) in [6.07, 6.45) is 0.599. The number of hydrogen-bond donors (Lipinski definition) is 2. The summed E-state index contributed by atoms with van der Waals surface area (Å²) in [7, 11) is 0. The number of Topliss-reactive ketones (excluding diaryl/α,β-unsaturated/α-hetero) is 1. The van der Waals surface area contributed by atoms with Crippen LogP contribution >= 0.6 is 0 Å². The molecule has 0 saturated carbocycles. The van der Waals surface area contributed by atoms with Gasteiger partial charge in [0.1, 0.15) is 5.92 Å². The Morgan fingerprint density at radius 3 is 2.17 bits per heavy atom. The van der Waals surface area contributed by atoms with Crippen LogP contribution in [0.4, 0.5) is 0 Å². The average Bonchev–Trinajstić information content (AvgIpc) is 2.24. The fourth-order valence-electron chi connectivity index (χ4n) is 1.32. The van der Waals surface area contributed by atoms with Gasteiger partial charge in [-0.15, -0.1) is 0 Å². The van der Waals surface area contributed by atoms with Crippen LogP contribution in [0.2, 0.25) is 0 Å². The first-order chi connectivity index (χ1) is 8.34. The zero-order valence-electron chi connectivity index (χ0n) is 10.0. The van der Waals surface area contributed by atoms with Gasteiger partial charge in [0.15, 0.2) is 12.4 Å². The predicted octanol–water partition coefficient (Wildman–Crippen LogP) is 0.464. The lowest BCUT2D eigenvalue weighted by Gasteiger charge is -2.10. The Kier molecular flexibility index (Phi) is 7.34. The summed E-state index contributed by atoms with van der Waals surface area (Å²) in [5, 5.41) is 17.2. The van der Waals surface area contributed by atoms with E-state index in [1.54, 1.807) is 0 Å². The van der Waals surface area contributed by atoms with Gasteiger partial charge in [0, 0.05) is 13.3 Å². The summed E-state index contributed by atoms with van der Waals surface area (Å²) in [6.45, 7) is 0.557. The third-order valence-electron chi connectivity index (χ3n) is 2.24. The summed E-state index contributed by atoms with van der Waals surface area (Å²) in [5.74, 6) is -4.85. The Hall–Kier alpha value is -1.92. The van der Waals surface area contributed by atoms with Gasteiger partial charge in [0.2, 0.25) is 0 Å². The van der Waals surface area contributed by atoms with Crippen LogP contribution < -0.4 is 0 Å². The molecule has 2 N–H and O–H groups in total. The van der Waals surface area contributed by atoms with Crippen LogP contribution in [0.5, 0.6) is 0 Å². The normalized spacial score (nSPS) is 11.6. The van der Waals surface area contributed by atoms with Crippen molar-refractivity contribution in [3.8, 4) is 0 Å². The molecular formula is C11H16O7. The van der Waals surface area contributed by atoms with E-state index in [-0.39, 0.29) is 12.8 Å². The topological polar surface area (TPSA) is 118 Å². The molecule has 0 amide bonds. The van der Waals surface area contributed by atoms with Gasteiger partial charge in [-0.3, -0.25) is 19.2 Å². The number of carbonyl (C=O) groups is 4. The van der Waals surface area contributed by atoms with Crippen LogP contribution in [0.15, 0.2) is 0 Å². The minimum atomic E-state index is -1.29. The van der Waals surface area contributed by atoms with E-state index < -0.39 is 36.2 Å². The van der Waals surface area contributed by atoms with Crippen LogP contribution in [0.25, 0.3) is 0 Å². The van der Waals surface area contributed by atoms with E-state index in [9.17, 15) is 19.2 Å². The summed E-state index contributed by atoms with van der Waals surface area (Å²) in [6, 6.07) is 0. The molecule has 7 heteroatoms. The molecule has 0 aromatic carbocycles. The molecule has 0 aliphatic heterocycles. The van der Waals surface area contributed by atoms with Crippen molar-refractivity contribution in [1.29, 1.82) is 0 Å². The quantitative estimate of drug-likeness (QED) is 0.351. The number of carbonyl (C=O) groups excluding carboxylic acids is 2. The van der Waals surface area contributed by atoms with Gasteiger partial charge >= 0.3 is 17.9 Å². The fourth-order valence-corrected chi connectivity index (χ4v) is 1.32. The van der Waals surface area contributed by atoms with E-state index in [4.69, 9.17) is 10.2 Å². The molecule has 0 rings (SSSR count). The SMILES string of the molecule is CC(=O)OCC(=O)C(CCCCC(=O)O)C(=O)O. The van der Waals surface area contributed by atoms with Crippen molar-refractivity contribution in [3.63, 3.8) is 0 Å². The van der Waals surface area contributed by atoms with Crippen molar-refractivity contribution in [2.45, 2.75) is 32.6 Å². The van der Waals surface area contributed by atoms with Gasteiger partial charge in [-0.05, 0) is 12.8 Å². The first kappa shape index (κ1) is 16.1. The highest BCUT2D eigenvalue weighted by molar-refractivity contribution is 5.99. The van der Waals surface area contributed by atoms with Crippen LogP contribution in [0, 0.1) is 5.92 Å². The van der Waals surface area contributed by atoms with Crippen molar-refractivity contribution in [2.24, 2.45) is 5.92 Å². The molecule has 0 aromatic rings. The Labute approximate surface area is 104 Å². The lowest BCUT2D eigenvalue weighted by atomic mass is 9.97. The van der Waals surface area contributed by atoms with Gasteiger partial charge in [0.05, 0.1) is 0 Å². The average molecular weight is 260 g/mol. The summed E-state index contributed by atoms with van der Waals surface area (Å²) in [5.41, 5.74) is 0. The second kappa shape index (κ2) is 8.21. The Morgan fingerprint density at radius 1 is 1.11 bits per heavy atom. The number of carboxylic acid groups (broad SMARTS) is 2. The highest BCUT2D eigenvalue weighted by Gasteiger charge is 2.26. The zero-order chi connectivity index (χ0) is 14.1. The third-order valence-corrected chi connectivity index (χ3v) is 2.24. The van der Waals surface area contributed by atoms with Gasteiger partial charge in [-0.2, -0.15) is 0 Å². The van der Waals surface area contributed by atoms with Gasteiger partial charge in [0.25, 0.3) is 0 Å². The maximum atomic E-state index is 11.4. The largest absolute Gasteiger partial charge is 0.481 e. The molecule has 102 valence electrons. The highest BCUT2D eigenvalue weighted by Crippen LogP contribution is 2.12. The van der Waals surface area contributed by atoms with E-state index in [2.05, 4.69) is 4.74 Å². The molecule has 0 aliphatic rings. The predicted molar refractivity (Wildman–Crippen MR) is 58.9 cm³/mol. The van der Waals surface area contributed by atoms with Gasteiger partial charge in [-0.1, -0.05) is 6.42 Å². The van der Waals surface area contributed by atoms with Crippen molar-refractivity contribution >= 4 is 23.7 Å². The van der Waals surface area contributed by atoms with E-state index in [0.717, 1.165) is 6.92 Å². The molecule has 7 nitrogen and oxygen atoms in total. The lowest BCUT2D eigenvalue weighted by molar-refractivity contribution is -0.153. The first-order valence-corrected chi connectivity index (χ1v) is 5.45. The Balaban J connectivity index is 4.13. The van der Waals surface area contributed by atoms with Crippen LogP contribution in [-0.2, 0) is 23.9 Å². The van der Waals surface area contributed by atoms with Crippen LogP contribution in [-0.4, -0.2) is 40.5 Å². The fraction of sp³-hybridized carbons (Fsp3) is 0.636. The molecule has 0 aromatic heterocycles. The van der Waals surface area contributed by atoms with E-state index >= 15 is 0 Å². The second-order valence-electron chi connectivity index (χ2n) is 3.78. The molecule has 0 heterocycles. The molecule has 1 atom stereocenters. The standard InChI is InChI=1S/C11H16O7/c1-7(12)18-6-9(13)8(11(16)17)4-2-3-5-10(14)15/h8H,2-6H2,1H3,(H,14,15)(H,16,17). The third kappa shape index (κ3) is 7.37. The summed E-state index contributed by atoms with van der Waals surface area (Å²) >= 11 is 0. The zero-order valence-corrected chi connectivity index (χ0v) is 10.0. The highest BCUT2D eigenvalue weighted by atomic mass is 16.5. The number of rotatable bonds is 9. The molecule has 18 heavy (non-hydrogen) atoms. The molecule has 0 spiro atoms. The van der Waals surface area contributed by atoms with Crippen LogP contribution in [0.3, 0.4) is 0 Å². The minimum Gasteiger partial charge on any atom is -0.481 e. The Bertz CT molecular complexity index is 334. The van der Waals surface area contributed by atoms with Crippen molar-refractivity contribution in [1.82, 2.24) is 0 Å². The first-order valence-electron chi connectivity index (χ1n) is 5.45. The molecule has 0 saturated heterocycles. The maximum absolute atomic E-state index is 11.4. The number of esters is 1. The summed E-state index contributed by atoms with van der Waals surface area (Å²) in [4.78, 5) is 43.0. The second-order valence-corrected chi connectivity index (χ2v) is 3.78. The maximum Gasteiger partial charge on any atom is 0.314 e. The Morgan fingerprint density at radius 2 is 1.72 bits per heavy atom. The molecular weight excluding hydrogens is 244 g/mol. The van der Waals surface area contributed by atoms with Gasteiger partial charge in [-0.25, -0.2) is 0 Å². The number of carboxylic acids is 2. The number of hydrogen-bond acceptors (Lipinski definition) is 5. The van der Waals surface area contributed by atoms with Crippen LogP contribution in [0.1, 0.15) is 32.6 Å². The van der Waals surface area contributed by atoms with Crippen molar-refractivity contribution < 1.29 is 34.1 Å².